The number of nitrogens with one attached hydrogen (secondary N) is 2. The molecule has 0 spiro atoms. The van der Waals surface area contributed by atoms with Gasteiger partial charge in [0.05, 0.1) is 12.6 Å². The van der Waals surface area contributed by atoms with Crippen LogP contribution in [0.25, 0.3) is 0 Å². The van der Waals surface area contributed by atoms with Gasteiger partial charge in [-0.05, 0) is 12.8 Å². The molecule has 0 radical (unpaired) electrons. The zero-order valence-corrected chi connectivity index (χ0v) is 7.82. The minimum Gasteiger partial charge on any atom is -0.379 e. The van der Waals surface area contributed by atoms with Gasteiger partial charge in [-0.3, -0.25) is 4.79 Å². The summed E-state index contributed by atoms with van der Waals surface area (Å²) in [6, 6.07) is 0.208. The van der Waals surface area contributed by atoms with Crippen molar-refractivity contribution >= 4 is 5.82 Å². The summed E-state index contributed by atoms with van der Waals surface area (Å²) < 4.78 is 5.29. The van der Waals surface area contributed by atoms with E-state index in [0.717, 1.165) is 19.4 Å². The Morgan fingerprint density at radius 2 is 2.57 bits per heavy atom. The highest BCUT2D eigenvalue weighted by atomic mass is 16.5. The van der Waals surface area contributed by atoms with Gasteiger partial charge in [0, 0.05) is 19.0 Å². The maximum atomic E-state index is 11.3. The molecule has 2 N–H and O–H groups in total. The average Bonchev–Trinajstić information content (AvgIpc) is 2.23. The Balaban J connectivity index is 2.03. The molecule has 1 aliphatic rings. The molecule has 0 aromatic carbocycles. The van der Waals surface area contributed by atoms with E-state index in [4.69, 9.17) is 4.74 Å². The lowest BCUT2D eigenvalue weighted by Gasteiger charge is -2.22. The van der Waals surface area contributed by atoms with Crippen molar-refractivity contribution in [1.82, 2.24) is 9.97 Å². The predicted molar refractivity (Wildman–Crippen MR) is 52.3 cm³/mol. The Labute approximate surface area is 81.5 Å². The monoisotopic (exact) mass is 195 g/mol. The fourth-order valence-corrected chi connectivity index (χ4v) is 1.50. The molecule has 2 heterocycles. The topological polar surface area (TPSA) is 67.0 Å². The number of aromatic nitrogens is 2. The van der Waals surface area contributed by atoms with E-state index in [-0.39, 0.29) is 11.6 Å². The van der Waals surface area contributed by atoms with Crippen molar-refractivity contribution in [3.05, 3.63) is 22.7 Å². The lowest BCUT2D eigenvalue weighted by molar-refractivity contribution is 0.0874. The average molecular weight is 195 g/mol. The number of ether oxygens (including phenoxy) is 1. The largest absolute Gasteiger partial charge is 0.379 e. The van der Waals surface area contributed by atoms with Gasteiger partial charge in [-0.15, -0.1) is 0 Å². The van der Waals surface area contributed by atoms with Gasteiger partial charge in [0.2, 0.25) is 0 Å². The van der Waals surface area contributed by atoms with E-state index in [1.807, 2.05) is 0 Å². The molecule has 76 valence electrons. The highest BCUT2D eigenvalue weighted by Crippen LogP contribution is 2.09. The van der Waals surface area contributed by atoms with Crippen LogP contribution in [0.3, 0.4) is 0 Å². The lowest BCUT2D eigenvalue weighted by Crippen LogP contribution is -2.32. The fourth-order valence-electron chi connectivity index (χ4n) is 1.50. The molecule has 14 heavy (non-hydrogen) atoms. The van der Waals surface area contributed by atoms with Crippen molar-refractivity contribution in [3.8, 4) is 0 Å². The van der Waals surface area contributed by atoms with Crippen LogP contribution in [0.4, 0.5) is 5.82 Å². The first-order valence-corrected chi connectivity index (χ1v) is 4.74. The number of hydrogen-bond acceptors (Lipinski definition) is 4. The summed E-state index contributed by atoms with van der Waals surface area (Å²) in [5.41, 5.74) is -0.182. The maximum Gasteiger partial charge on any atom is 0.290 e. The number of aromatic amines is 1. The van der Waals surface area contributed by atoms with Gasteiger partial charge in [0.25, 0.3) is 5.56 Å². The standard InChI is InChI=1S/C9H13N3O2/c13-9-8(10-3-4-11-9)12-7-2-1-5-14-6-7/h3-4,7H,1-2,5-6H2,(H,10,12)(H,11,13). The summed E-state index contributed by atoms with van der Waals surface area (Å²) >= 11 is 0. The Morgan fingerprint density at radius 3 is 3.29 bits per heavy atom. The molecule has 1 atom stereocenters. The van der Waals surface area contributed by atoms with E-state index in [2.05, 4.69) is 15.3 Å². The van der Waals surface area contributed by atoms with E-state index in [0.29, 0.717) is 12.4 Å². The molecule has 0 bridgehead atoms. The summed E-state index contributed by atoms with van der Waals surface area (Å²) in [6.07, 6.45) is 5.14. The minimum atomic E-state index is -0.182. The van der Waals surface area contributed by atoms with E-state index in [9.17, 15) is 4.79 Å². The fraction of sp³-hybridized carbons (Fsp3) is 0.556. The third-order valence-corrected chi connectivity index (χ3v) is 2.21. The zero-order valence-electron chi connectivity index (χ0n) is 7.82. The number of hydrogen-bond donors (Lipinski definition) is 2. The molecule has 1 aliphatic heterocycles. The molecule has 0 saturated carbocycles. The molecule has 0 aliphatic carbocycles. The van der Waals surface area contributed by atoms with Crippen LogP contribution < -0.4 is 10.9 Å². The van der Waals surface area contributed by atoms with Crippen LogP contribution in [0.15, 0.2) is 17.2 Å². The van der Waals surface area contributed by atoms with Crippen LogP contribution in [0.1, 0.15) is 12.8 Å². The molecule has 1 fully saturated rings. The van der Waals surface area contributed by atoms with Gasteiger partial charge < -0.3 is 15.0 Å². The molecule has 1 aromatic heterocycles. The van der Waals surface area contributed by atoms with Crippen LogP contribution in [0.5, 0.6) is 0 Å². The van der Waals surface area contributed by atoms with Crippen molar-refractivity contribution < 1.29 is 4.74 Å². The van der Waals surface area contributed by atoms with Crippen LogP contribution in [0.2, 0.25) is 0 Å². The predicted octanol–water partition coefficient (Wildman–Crippen LogP) is 0.361. The van der Waals surface area contributed by atoms with E-state index in [1.165, 1.54) is 6.20 Å². The van der Waals surface area contributed by atoms with Gasteiger partial charge in [0.1, 0.15) is 0 Å². The highest BCUT2D eigenvalue weighted by Gasteiger charge is 2.14. The van der Waals surface area contributed by atoms with Gasteiger partial charge in [0.15, 0.2) is 5.82 Å². The number of H-pyrrole nitrogens is 1. The summed E-state index contributed by atoms with van der Waals surface area (Å²) in [6.45, 7) is 1.47. The molecule has 2 rings (SSSR count). The van der Waals surface area contributed by atoms with Crippen molar-refractivity contribution in [2.24, 2.45) is 0 Å². The minimum absolute atomic E-state index is 0.182. The normalized spacial score (nSPS) is 21.9. The van der Waals surface area contributed by atoms with Crippen molar-refractivity contribution in [3.63, 3.8) is 0 Å². The smallest absolute Gasteiger partial charge is 0.290 e. The molecule has 5 heteroatoms. The maximum absolute atomic E-state index is 11.3. The summed E-state index contributed by atoms with van der Waals surface area (Å²) in [7, 11) is 0. The van der Waals surface area contributed by atoms with Crippen LogP contribution >= 0.6 is 0 Å². The first-order valence-electron chi connectivity index (χ1n) is 4.74. The van der Waals surface area contributed by atoms with Gasteiger partial charge in [-0.25, -0.2) is 4.98 Å². The second-order valence-corrected chi connectivity index (χ2v) is 3.33. The van der Waals surface area contributed by atoms with Crippen molar-refractivity contribution in [2.75, 3.05) is 18.5 Å². The Bertz CT molecular complexity index is 344. The molecule has 0 amide bonds. The SMILES string of the molecule is O=c1[nH]ccnc1NC1CCCOC1. The molecule has 1 aromatic rings. The molecular formula is C9H13N3O2. The van der Waals surface area contributed by atoms with Gasteiger partial charge >= 0.3 is 0 Å². The van der Waals surface area contributed by atoms with E-state index >= 15 is 0 Å². The molecule has 1 unspecified atom stereocenters. The third-order valence-electron chi connectivity index (χ3n) is 2.21. The summed E-state index contributed by atoms with van der Waals surface area (Å²) in [5.74, 6) is 0.378. The van der Waals surface area contributed by atoms with E-state index in [1.54, 1.807) is 6.20 Å². The van der Waals surface area contributed by atoms with Gasteiger partial charge in [-0.2, -0.15) is 0 Å². The second-order valence-electron chi connectivity index (χ2n) is 3.33. The zero-order chi connectivity index (χ0) is 9.80. The Hall–Kier alpha value is -1.36. The third kappa shape index (κ3) is 2.11. The molecule has 5 nitrogen and oxygen atoms in total. The first-order chi connectivity index (χ1) is 6.86. The highest BCUT2D eigenvalue weighted by molar-refractivity contribution is 5.31. The van der Waals surface area contributed by atoms with E-state index < -0.39 is 0 Å². The van der Waals surface area contributed by atoms with Gasteiger partial charge in [-0.1, -0.05) is 0 Å². The second kappa shape index (κ2) is 4.23. The molecule has 1 saturated heterocycles. The summed E-state index contributed by atoms with van der Waals surface area (Å²) in [5, 5.41) is 3.07. The lowest BCUT2D eigenvalue weighted by atomic mass is 10.1. The first kappa shape index (κ1) is 9.21. The van der Waals surface area contributed by atoms with Crippen molar-refractivity contribution in [1.29, 1.82) is 0 Å². The van der Waals surface area contributed by atoms with Crippen molar-refractivity contribution in [2.45, 2.75) is 18.9 Å². The van der Waals surface area contributed by atoms with Crippen LogP contribution in [-0.4, -0.2) is 29.2 Å². The molecular weight excluding hydrogens is 182 g/mol. The van der Waals surface area contributed by atoms with Crippen LogP contribution in [-0.2, 0) is 4.74 Å². The Kier molecular flexibility index (Phi) is 2.78. The number of rotatable bonds is 2. The summed E-state index contributed by atoms with van der Waals surface area (Å²) in [4.78, 5) is 17.8. The number of anilines is 1. The number of nitrogens with zero attached hydrogens (tertiary/aromatic N) is 1. The quantitative estimate of drug-likeness (QED) is 0.715. The van der Waals surface area contributed by atoms with Crippen LogP contribution in [0, 0.1) is 0 Å². The Morgan fingerprint density at radius 1 is 1.64 bits per heavy atom.